The van der Waals surface area contributed by atoms with E-state index in [4.69, 9.17) is 5.11 Å². The summed E-state index contributed by atoms with van der Waals surface area (Å²) in [7, 11) is 0. The summed E-state index contributed by atoms with van der Waals surface area (Å²) >= 11 is 0. The molecule has 0 radical (unpaired) electrons. The van der Waals surface area contributed by atoms with E-state index in [0.717, 1.165) is 51.4 Å². The van der Waals surface area contributed by atoms with Crippen LogP contribution < -0.4 is 5.32 Å². The van der Waals surface area contributed by atoms with Gasteiger partial charge in [-0.15, -0.1) is 0 Å². The fourth-order valence-electron chi connectivity index (χ4n) is 9.53. The number of carboxylic acid groups (broad SMARTS) is 2. The van der Waals surface area contributed by atoms with Gasteiger partial charge in [0.25, 0.3) is 0 Å². The molecule has 8 heteroatoms. The number of hydrogen-bond donors (Lipinski definition) is 5. The number of carboxylic acids is 2. The third kappa shape index (κ3) is 5.42. The molecule has 0 unspecified atom stereocenters. The minimum Gasteiger partial charge on any atom is -0.481 e. The van der Waals surface area contributed by atoms with Crippen molar-refractivity contribution in [2.45, 2.75) is 116 Å². The summed E-state index contributed by atoms with van der Waals surface area (Å²) in [5, 5.41) is 42.3. The highest BCUT2D eigenvalue weighted by Gasteiger charge is 2.62. The number of aliphatic hydroxyl groups excluding tert-OH is 2. The fourth-order valence-corrected chi connectivity index (χ4v) is 9.53. The van der Waals surface area contributed by atoms with Gasteiger partial charge >= 0.3 is 11.9 Å². The van der Waals surface area contributed by atoms with Gasteiger partial charge in [-0.25, -0.2) is 4.79 Å². The lowest BCUT2D eigenvalue weighted by molar-refractivity contribution is -0.174. The summed E-state index contributed by atoms with van der Waals surface area (Å²) in [6.07, 6.45) is 7.91. The monoisotopic (exact) mass is 521 g/mol. The number of hydrogen-bond acceptors (Lipinski definition) is 5. The molecule has 0 heterocycles. The number of carbonyl (C=O) groups excluding carboxylic acids is 1. The van der Waals surface area contributed by atoms with E-state index in [1.807, 2.05) is 0 Å². The first-order valence-corrected chi connectivity index (χ1v) is 14.5. The third-order valence-corrected chi connectivity index (χ3v) is 11.5. The van der Waals surface area contributed by atoms with E-state index in [-0.39, 0.29) is 48.2 Å². The Labute approximate surface area is 220 Å². The maximum absolute atomic E-state index is 12.5. The molecule has 0 aromatic rings. The molecule has 210 valence electrons. The summed E-state index contributed by atoms with van der Waals surface area (Å²) in [6, 6.07) is -1.18. The Bertz CT molecular complexity index is 878. The molecular formula is C29H47NO7. The average Bonchev–Trinajstić information content (AvgIpc) is 3.18. The van der Waals surface area contributed by atoms with Crippen molar-refractivity contribution in [3.63, 3.8) is 0 Å². The zero-order valence-corrected chi connectivity index (χ0v) is 22.7. The molecule has 4 aliphatic carbocycles. The summed E-state index contributed by atoms with van der Waals surface area (Å²) in [4.78, 5) is 34.8. The van der Waals surface area contributed by atoms with Gasteiger partial charge in [0.05, 0.1) is 12.2 Å². The molecule has 11 atom stereocenters. The lowest BCUT2D eigenvalue weighted by Crippen LogP contribution is -2.58. The van der Waals surface area contributed by atoms with E-state index >= 15 is 0 Å². The van der Waals surface area contributed by atoms with E-state index in [2.05, 4.69) is 26.1 Å². The Morgan fingerprint density at radius 1 is 0.892 bits per heavy atom. The zero-order chi connectivity index (χ0) is 27.1. The molecule has 4 aliphatic rings. The van der Waals surface area contributed by atoms with Crippen molar-refractivity contribution in [1.82, 2.24) is 5.32 Å². The lowest BCUT2D eigenvalue weighted by atomic mass is 9.43. The van der Waals surface area contributed by atoms with Gasteiger partial charge in [0, 0.05) is 12.8 Å². The maximum Gasteiger partial charge on any atom is 0.326 e. The predicted molar refractivity (Wildman–Crippen MR) is 137 cm³/mol. The Kier molecular flexibility index (Phi) is 8.30. The highest BCUT2D eigenvalue weighted by Crippen LogP contribution is 2.68. The smallest absolute Gasteiger partial charge is 0.326 e. The molecule has 4 saturated carbocycles. The van der Waals surface area contributed by atoms with E-state index in [0.29, 0.717) is 41.9 Å². The molecule has 4 rings (SSSR count). The third-order valence-electron chi connectivity index (χ3n) is 11.5. The molecule has 37 heavy (non-hydrogen) atoms. The molecule has 1 amide bonds. The van der Waals surface area contributed by atoms with E-state index < -0.39 is 18.0 Å². The first-order chi connectivity index (χ1) is 17.4. The highest BCUT2D eigenvalue weighted by molar-refractivity contribution is 5.83. The normalized spacial score (nSPS) is 42.6. The molecule has 0 spiro atoms. The van der Waals surface area contributed by atoms with Crippen LogP contribution in [0.2, 0.25) is 0 Å². The number of aliphatic hydroxyl groups is 2. The minimum atomic E-state index is -1.21. The van der Waals surface area contributed by atoms with Gasteiger partial charge in [-0.1, -0.05) is 20.8 Å². The number of amides is 1. The number of carbonyl (C=O) groups is 3. The molecular weight excluding hydrogens is 474 g/mol. The number of aliphatic carboxylic acids is 2. The van der Waals surface area contributed by atoms with Crippen LogP contribution in [0.3, 0.4) is 0 Å². The molecule has 0 aromatic carbocycles. The Morgan fingerprint density at radius 3 is 2.24 bits per heavy atom. The van der Waals surface area contributed by atoms with Crippen LogP contribution in [0.25, 0.3) is 0 Å². The SMILES string of the molecule is C[C@H](CCC(=O)N[C@@H](CCC(=O)O)C(=O)O)[C@H]1CC[C@H]2[C@@H]3[C@@H](O)C[C@@H]4C[C@H](O)CC[C@]4(C)[C@H]3CC[C@]12C. The maximum atomic E-state index is 12.5. The second-order valence-corrected chi connectivity index (χ2v) is 13.4. The van der Waals surface area contributed by atoms with Gasteiger partial charge in [-0.05, 0) is 111 Å². The molecule has 0 saturated heterocycles. The van der Waals surface area contributed by atoms with Crippen molar-refractivity contribution in [3.05, 3.63) is 0 Å². The first-order valence-electron chi connectivity index (χ1n) is 14.5. The zero-order valence-electron chi connectivity index (χ0n) is 22.7. The van der Waals surface area contributed by atoms with Crippen LogP contribution in [0, 0.1) is 46.3 Å². The van der Waals surface area contributed by atoms with Crippen molar-refractivity contribution in [3.8, 4) is 0 Å². The standard InChI is InChI=1S/C29H47NO7/c1-16(4-8-24(33)30-22(27(36)37)7-9-25(34)35)19-5-6-20-26-21(11-13-29(19,20)3)28(2)12-10-18(31)14-17(28)15-23(26)32/h16-23,26,31-32H,4-15H2,1-3H3,(H,30,33)(H,34,35)(H,36,37)/t16-,17+,18-,19-,20+,21+,22+,23+,26+,28+,29-/m1/s1. The average molecular weight is 522 g/mol. The second kappa shape index (κ2) is 10.8. The Balaban J connectivity index is 1.38. The van der Waals surface area contributed by atoms with Crippen LogP contribution in [0.15, 0.2) is 0 Å². The summed E-state index contributed by atoms with van der Waals surface area (Å²) < 4.78 is 0. The summed E-state index contributed by atoms with van der Waals surface area (Å²) in [6.45, 7) is 7.03. The van der Waals surface area contributed by atoms with E-state index in [9.17, 15) is 29.7 Å². The quantitative estimate of drug-likeness (QED) is 0.310. The fraction of sp³-hybridized carbons (Fsp3) is 0.897. The Morgan fingerprint density at radius 2 is 1.57 bits per heavy atom. The summed E-state index contributed by atoms with van der Waals surface area (Å²) in [5.41, 5.74) is 0.327. The topological polar surface area (TPSA) is 144 Å². The second-order valence-electron chi connectivity index (χ2n) is 13.4. The van der Waals surface area contributed by atoms with E-state index in [1.165, 1.54) is 0 Å². The first kappa shape index (κ1) is 28.3. The van der Waals surface area contributed by atoms with Gasteiger partial charge in [-0.3, -0.25) is 9.59 Å². The molecule has 8 nitrogen and oxygen atoms in total. The van der Waals surface area contributed by atoms with Gasteiger partial charge in [0.2, 0.25) is 5.91 Å². The van der Waals surface area contributed by atoms with Crippen LogP contribution in [0.1, 0.15) is 97.8 Å². The number of rotatable bonds is 9. The molecule has 4 fully saturated rings. The van der Waals surface area contributed by atoms with Crippen molar-refractivity contribution in [1.29, 1.82) is 0 Å². The molecule has 0 aliphatic heterocycles. The number of fused-ring (bicyclic) bond motifs is 5. The van der Waals surface area contributed by atoms with Gasteiger partial charge in [0.1, 0.15) is 6.04 Å². The molecule has 0 bridgehead atoms. The van der Waals surface area contributed by atoms with Crippen molar-refractivity contribution in [2.75, 3.05) is 0 Å². The van der Waals surface area contributed by atoms with Crippen LogP contribution in [-0.4, -0.2) is 56.5 Å². The summed E-state index contributed by atoms with van der Waals surface area (Å²) in [5.74, 6) is -0.188. The largest absolute Gasteiger partial charge is 0.481 e. The Hall–Kier alpha value is -1.67. The number of nitrogens with one attached hydrogen (secondary N) is 1. The van der Waals surface area contributed by atoms with Crippen LogP contribution >= 0.6 is 0 Å². The van der Waals surface area contributed by atoms with Gasteiger partial charge < -0.3 is 25.7 Å². The lowest BCUT2D eigenvalue weighted by Gasteiger charge is -2.62. The molecule has 0 aromatic heterocycles. The van der Waals surface area contributed by atoms with Crippen molar-refractivity contribution in [2.24, 2.45) is 46.3 Å². The highest BCUT2D eigenvalue weighted by atomic mass is 16.4. The van der Waals surface area contributed by atoms with Crippen LogP contribution in [0.5, 0.6) is 0 Å². The van der Waals surface area contributed by atoms with Gasteiger partial charge in [-0.2, -0.15) is 0 Å². The molecule has 5 N–H and O–H groups in total. The van der Waals surface area contributed by atoms with E-state index in [1.54, 1.807) is 0 Å². The van der Waals surface area contributed by atoms with Gasteiger partial charge in [0.15, 0.2) is 0 Å². The van der Waals surface area contributed by atoms with Crippen molar-refractivity contribution < 1.29 is 34.8 Å². The predicted octanol–water partition coefficient (Wildman–Crippen LogP) is 3.83. The minimum absolute atomic E-state index is 0.126. The van der Waals surface area contributed by atoms with Crippen molar-refractivity contribution >= 4 is 17.8 Å². The van der Waals surface area contributed by atoms with Crippen LogP contribution in [0.4, 0.5) is 0 Å². The van der Waals surface area contributed by atoms with Crippen LogP contribution in [-0.2, 0) is 14.4 Å².